The molecule has 7 heteroatoms. The number of non-ortho nitro benzene ring substituents is 1. The summed E-state index contributed by atoms with van der Waals surface area (Å²) >= 11 is 0. The van der Waals surface area contributed by atoms with Crippen molar-refractivity contribution in [1.82, 2.24) is 5.32 Å². The van der Waals surface area contributed by atoms with Crippen LogP contribution in [0.3, 0.4) is 0 Å². The van der Waals surface area contributed by atoms with Crippen molar-refractivity contribution in [2.24, 2.45) is 5.92 Å². The van der Waals surface area contributed by atoms with Crippen LogP contribution in [0.5, 0.6) is 0 Å². The average molecular weight is 295 g/mol. The Bertz CT molecular complexity index is 493. The lowest BCUT2D eigenvalue weighted by Gasteiger charge is -2.16. The van der Waals surface area contributed by atoms with Gasteiger partial charge in [0.15, 0.2) is 0 Å². The predicted molar refractivity (Wildman–Crippen MR) is 80.1 cm³/mol. The van der Waals surface area contributed by atoms with Crippen molar-refractivity contribution in [3.8, 4) is 0 Å². The Morgan fingerprint density at radius 1 is 1.43 bits per heavy atom. The number of nitrogens with zero attached hydrogens (tertiary/aromatic N) is 1. The van der Waals surface area contributed by atoms with E-state index in [1.165, 1.54) is 18.2 Å². The lowest BCUT2D eigenvalue weighted by molar-refractivity contribution is -0.384. The summed E-state index contributed by atoms with van der Waals surface area (Å²) in [7, 11) is 0. The number of anilines is 1. The quantitative estimate of drug-likeness (QED) is 0.498. The minimum atomic E-state index is -0.504. The molecule has 0 aliphatic rings. The Kier molecular flexibility index (Phi) is 6.77. The van der Waals surface area contributed by atoms with Crippen LogP contribution in [-0.4, -0.2) is 35.1 Å². The molecule has 0 saturated carbocycles. The lowest BCUT2D eigenvalue weighted by Crippen LogP contribution is -2.34. The second kappa shape index (κ2) is 8.33. The van der Waals surface area contributed by atoms with E-state index < -0.39 is 4.92 Å². The third-order valence-electron chi connectivity index (χ3n) is 2.96. The largest absolute Gasteiger partial charge is 0.396 e. The number of carbonyl (C=O) groups is 1. The third kappa shape index (κ3) is 6.33. The molecular weight excluding hydrogens is 274 g/mol. The molecule has 0 spiro atoms. The molecule has 0 saturated heterocycles. The monoisotopic (exact) mass is 295 g/mol. The van der Waals surface area contributed by atoms with Crippen LogP contribution >= 0.6 is 0 Å². The first-order valence-corrected chi connectivity index (χ1v) is 6.81. The van der Waals surface area contributed by atoms with E-state index in [0.29, 0.717) is 12.2 Å². The highest BCUT2D eigenvalue weighted by Crippen LogP contribution is 2.17. The molecule has 0 aliphatic carbocycles. The fourth-order valence-electron chi connectivity index (χ4n) is 1.73. The van der Waals surface area contributed by atoms with Crippen molar-refractivity contribution in [3.63, 3.8) is 0 Å². The number of nitro groups is 1. The molecule has 3 N–H and O–H groups in total. The molecule has 7 nitrogen and oxygen atoms in total. The molecule has 1 amide bonds. The van der Waals surface area contributed by atoms with Gasteiger partial charge in [0.1, 0.15) is 0 Å². The van der Waals surface area contributed by atoms with Gasteiger partial charge in [-0.25, -0.2) is 0 Å². The SMILES string of the molecule is CC(CO)CNC(C)CC(=O)Nc1cccc([N+](=O)[O-])c1. The molecule has 0 aromatic heterocycles. The highest BCUT2D eigenvalue weighted by atomic mass is 16.6. The maximum atomic E-state index is 11.8. The molecule has 116 valence electrons. The predicted octanol–water partition coefficient (Wildman–Crippen LogP) is 1.53. The first kappa shape index (κ1) is 17.1. The number of carbonyl (C=O) groups excluding carboxylic acids is 1. The van der Waals surface area contributed by atoms with Crippen molar-refractivity contribution in [2.45, 2.75) is 26.3 Å². The molecule has 0 aliphatic heterocycles. The van der Waals surface area contributed by atoms with Gasteiger partial charge in [0.25, 0.3) is 5.69 Å². The van der Waals surface area contributed by atoms with Gasteiger partial charge in [0.05, 0.1) is 4.92 Å². The number of amides is 1. The molecule has 1 rings (SSSR count). The van der Waals surface area contributed by atoms with E-state index in [1.807, 2.05) is 13.8 Å². The fraction of sp³-hybridized carbons (Fsp3) is 0.500. The summed E-state index contributed by atoms with van der Waals surface area (Å²) in [5.74, 6) is -0.0839. The Hall–Kier alpha value is -1.99. The van der Waals surface area contributed by atoms with E-state index in [0.717, 1.165) is 0 Å². The van der Waals surface area contributed by atoms with Gasteiger partial charge in [0.2, 0.25) is 5.91 Å². The van der Waals surface area contributed by atoms with E-state index in [1.54, 1.807) is 6.07 Å². The van der Waals surface area contributed by atoms with Crippen LogP contribution in [0.1, 0.15) is 20.3 Å². The normalized spacial score (nSPS) is 13.5. The summed E-state index contributed by atoms with van der Waals surface area (Å²) < 4.78 is 0. The summed E-state index contributed by atoms with van der Waals surface area (Å²) in [4.78, 5) is 22.0. The number of benzene rings is 1. The summed E-state index contributed by atoms with van der Waals surface area (Å²) in [6, 6.07) is 5.78. The van der Waals surface area contributed by atoms with Gasteiger partial charge in [0, 0.05) is 43.4 Å². The Morgan fingerprint density at radius 3 is 2.76 bits per heavy atom. The van der Waals surface area contributed by atoms with E-state index in [2.05, 4.69) is 10.6 Å². The number of aliphatic hydroxyl groups excluding tert-OH is 1. The van der Waals surface area contributed by atoms with Gasteiger partial charge in [-0.05, 0) is 18.9 Å². The van der Waals surface area contributed by atoms with Gasteiger partial charge < -0.3 is 15.7 Å². The Labute approximate surface area is 123 Å². The smallest absolute Gasteiger partial charge is 0.271 e. The van der Waals surface area contributed by atoms with E-state index >= 15 is 0 Å². The third-order valence-corrected chi connectivity index (χ3v) is 2.96. The van der Waals surface area contributed by atoms with E-state index in [9.17, 15) is 14.9 Å². The first-order chi connectivity index (χ1) is 9.92. The Balaban J connectivity index is 2.46. The summed E-state index contributed by atoms with van der Waals surface area (Å²) in [5, 5.41) is 25.4. The zero-order valence-electron chi connectivity index (χ0n) is 12.2. The maximum Gasteiger partial charge on any atom is 0.271 e. The van der Waals surface area contributed by atoms with E-state index in [4.69, 9.17) is 5.11 Å². The molecule has 0 heterocycles. The molecular formula is C14H21N3O4. The first-order valence-electron chi connectivity index (χ1n) is 6.81. The molecule has 2 unspecified atom stereocenters. The van der Waals surface area contributed by atoms with Crippen molar-refractivity contribution in [2.75, 3.05) is 18.5 Å². The molecule has 0 radical (unpaired) electrons. The van der Waals surface area contributed by atoms with Gasteiger partial charge >= 0.3 is 0 Å². The molecule has 21 heavy (non-hydrogen) atoms. The number of hydrogen-bond acceptors (Lipinski definition) is 5. The fourth-order valence-corrected chi connectivity index (χ4v) is 1.73. The summed E-state index contributed by atoms with van der Waals surface area (Å²) in [6.07, 6.45) is 0.251. The standard InChI is InChI=1S/C14H21N3O4/c1-10(9-18)8-15-11(2)6-14(19)16-12-4-3-5-13(7-12)17(20)21/h3-5,7,10-11,15,18H,6,8-9H2,1-2H3,(H,16,19). The summed E-state index contributed by atoms with van der Waals surface area (Å²) in [5.41, 5.74) is 0.348. The molecule has 0 fully saturated rings. The van der Waals surface area contributed by atoms with Gasteiger partial charge in [-0.2, -0.15) is 0 Å². The number of hydrogen-bond donors (Lipinski definition) is 3. The molecule has 1 aromatic carbocycles. The van der Waals surface area contributed by atoms with Crippen molar-refractivity contribution < 1.29 is 14.8 Å². The number of rotatable bonds is 8. The van der Waals surface area contributed by atoms with Gasteiger partial charge in [-0.3, -0.25) is 14.9 Å². The van der Waals surface area contributed by atoms with E-state index in [-0.39, 0.29) is 36.6 Å². The van der Waals surface area contributed by atoms with Crippen LogP contribution in [0.4, 0.5) is 11.4 Å². The minimum Gasteiger partial charge on any atom is -0.396 e. The van der Waals surface area contributed by atoms with Gasteiger partial charge in [-0.15, -0.1) is 0 Å². The number of nitrogens with one attached hydrogen (secondary N) is 2. The minimum absolute atomic E-state index is 0.0438. The highest BCUT2D eigenvalue weighted by molar-refractivity contribution is 5.91. The van der Waals surface area contributed by atoms with Crippen molar-refractivity contribution in [3.05, 3.63) is 34.4 Å². The maximum absolute atomic E-state index is 11.8. The Morgan fingerprint density at radius 2 is 2.14 bits per heavy atom. The highest BCUT2D eigenvalue weighted by Gasteiger charge is 2.12. The van der Waals surface area contributed by atoms with Gasteiger partial charge in [-0.1, -0.05) is 13.0 Å². The van der Waals surface area contributed by atoms with Crippen LogP contribution < -0.4 is 10.6 Å². The second-order valence-corrected chi connectivity index (χ2v) is 5.16. The lowest BCUT2D eigenvalue weighted by atomic mass is 10.1. The van der Waals surface area contributed by atoms with Crippen molar-refractivity contribution in [1.29, 1.82) is 0 Å². The van der Waals surface area contributed by atoms with Crippen LogP contribution in [0.15, 0.2) is 24.3 Å². The van der Waals surface area contributed by atoms with Crippen LogP contribution in [0, 0.1) is 16.0 Å². The molecule has 0 bridgehead atoms. The zero-order valence-corrected chi connectivity index (χ0v) is 12.2. The summed E-state index contributed by atoms with van der Waals surface area (Å²) in [6.45, 7) is 4.50. The van der Waals surface area contributed by atoms with Crippen LogP contribution in [0.25, 0.3) is 0 Å². The second-order valence-electron chi connectivity index (χ2n) is 5.16. The number of nitro benzene ring substituents is 1. The molecule has 1 aromatic rings. The number of aliphatic hydroxyl groups is 1. The molecule has 2 atom stereocenters. The zero-order chi connectivity index (χ0) is 15.8. The average Bonchev–Trinajstić information content (AvgIpc) is 2.44. The van der Waals surface area contributed by atoms with Crippen LogP contribution in [0.2, 0.25) is 0 Å². The topological polar surface area (TPSA) is 104 Å². The van der Waals surface area contributed by atoms with Crippen LogP contribution in [-0.2, 0) is 4.79 Å². The van der Waals surface area contributed by atoms with Crippen molar-refractivity contribution >= 4 is 17.3 Å².